The van der Waals surface area contributed by atoms with E-state index in [1.165, 1.54) is 0 Å². The van der Waals surface area contributed by atoms with Gasteiger partial charge in [-0.2, -0.15) is 0 Å². The number of carbonyl (C=O) groups is 3. The van der Waals surface area contributed by atoms with Gasteiger partial charge in [0.15, 0.2) is 0 Å². The number of aliphatic hydroxyl groups is 1. The second kappa shape index (κ2) is 12.7. The van der Waals surface area contributed by atoms with Crippen LogP contribution < -0.4 is 4.90 Å². The first-order valence-electron chi connectivity index (χ1n) is 15.8. The van der Waals surface area contributed by atoms with Gasteiger partial charge >= 0.3 is 0 Å². The SMILES string of the molecule is C=CCN(C(=O)[C@@H]1[C@@H]2CCC3(O2)C(C(=O)N(CC=C)C2CCCCC2)N([C@@H](CO)CC(C)C)C(=O)[C@H]13)c1ccccc1. The highest BCUT2D eigenvalue weighted by atomic mass is 16.5. The molecule has 4 aliphatic rings. The number of anilines is 1. The Kier molecular flexibility index (Phi) is 9.23. The molecule has 8 nitrogen and oxygen atoms in total. The van der Waals surface area contributed by atoms with Crippen LogP contribution in [-0.2, 0) is 19.1 Å². The Morgan fingerprint density at radius 2 is 1.76 bits per heavy atom. The average Bonchev–Trinajstić information content (AvgIpc) is 3.65. The fourth-order valence-corrected chi connectivity index (χ4v) is 8.21. The first kappa shape index (κ1) is 30.5. The summed E-state index contributed by atoms with van der Waals surface area (Å²) < 4.78 is 6.74. The molecule has 1 saturated carbocycles. The molecular weight excluding hydrogens is 530 g/mol. The lowest BCUT2D eigenvalue weighted by molar-refractivity contribution is -0.153. The number of nitrogens with zero attached hydrogens (tertiary/aromatic N) is 3. The normalized spacial score (nSPS) is 29.4. The molecule has 1 aliphatic carbocycles. The lowest BCUT2D eigenvalue weighted by Crippen LogP contribution is -2.60. The highest BCUT2D eigenvalue weighted by Gasteiger charge is 2.75. The van der Waals surface area contributed by atoms with Crippen LogP contribution in [0.3, 0.4) is 0 Å². The molecule has 1 N–H and O–H groups in total. The first-order valence-corrected chi connectivity index (χ1v) is 15.8. The predicted molar refractivity (Wildman–Crippen MR) is 163 cm³/mol. The van der Waals surface area contributed by atoms with E-state index in [0.29, 0.717) is 32.4 Å². The predicted octanol–water partition coefficient (Wildman–Crippen LogP) is 4.33. The zero-order chi connectivity index (χ0) is 30.0. The van der Waals surface area contributed by atoms with Gasteiger partial charge < -0.3 is 24.5 Å². The highest BCUT2D eigenvalue weighted by Crippen LogP contribution is 2.59. The third-order valence-corrected chi connectivity index (χ3v) is 9.87. The molecular formula is C34H47N3O5. The summed E-state index contributed by atoms with van der Waals surface area (Å²) in [5.74, 6) is -1.87. The van der Waals surface area contributed by atoms with Gasteiger partial charge in [-0.15, -0.1) is 13.2 Å². The van der Waals surface area contributed by atoms with Crippen molar-refractivity contribution in [1.82, 2.24) is 9.80 Å². The number of hydrogen-bond acceptors (Lipinski definition) is 5. The molecule has 1 aromatic carbocycles. The van der Waals surface area contributed by atoms with Crippen molar-refractivity contribution < 1.29 is 24.2 Å². The number of ether oxygens (including phenoxy) is 1. The zero-order valence-corrected chi connectivity index (χ0v) is 25.2. The van der Waals surface area contributed by atoms with Gasteiger partial charge in [-0.3, -0.25) is 14.4 Å². The fourth-order valence-electron chi connectivity index (χ4n) is 8.21. The van der Waals surface area contributed by atoms with Gasteiger partial charge in [0.25, 0.3) is 0 Å². The minimum Gasteiger partial charge on any atom is -0.394 e. The summed E-state index contributed by atoms with van der Waals surface area (Å²) >= 11 is 0. The van der Waals surface area contributed by atoms with Crippen molar-refractivity contribution in [2.45, 2.75) is 95.0 Å². The van der Waals surface area contributed by atoms with E-state index in [4.69, 9.17) is 4.74 Å². The molecule has 6 atom stereocenters. The summed E-state index contributed by atoms with van der Waals surface area (Å²) in [5, 5.41) is 10.6. The number of amides is 3. The Labute approximate surface area is 250 Å². The van der Waals surface area contributed by atoms with Crippen LogP contribution in [-0.4, -0.2) is 82.2 Å². The van der Waals surface area contributed by atoms with Crippen molar-refractivity contribution in [3.63, 3.8) is 0 Å². The van der Waals surface area contributed by atoms with Gasteiger partial charge in [-0.1, -0.05) is 63.5 Å². The average molecular weight is 578 g/mol. The Bertz CT molecular complexity index is 1160. The van der Waals surface area contributed by atoms with Gasteiger partial charge in [0.05, 0.1) is 30.6 Å². The van der Waals surface area contributed by atoms with Crippen LogP contribution in [0.15, 0.2) is 55.6 Å². The number of rotatable bonds is 12. The van der Waals surface area contributed by atoms with Gasteiger partial charge in [0.2, 0.25) is 17.7 Å². The summed E-state index contributed by atoms with van der Waals surface area (Å²) in [6.45, 7) is 12.3. The van der Waals surface area contributed by atoms with Crippen LogP contribution in [0.2, 0.25) is 0 Å². The van der Waals surface area contributed by atoms with E-state index in [2.05, 4.69) is 13.2 Å². The Morgan fingerprint density at radius 3 is 2.38 bits per heavy atom. The number of benzene rings is 1. The molecule has 3 heterocycles. The molecule has 2 unspecified atom stereocenters. The number of para-hydroxylation sites is 1. The molecule has 1 spiro atoms. The van der Waals surface area contributed by atoms with E-state index in [0.717, 1.165) is 37.8 Å². The van der Waals surface area contributed by atoms with Crippen LogP contribution in [0.25, 0.3) is 0 Å². The summed E-state index contributed by atoms with van der Waals surface area (Å²) in [6.07, 6.45) is 9.81. The van der Waals surface area contributed by atoms with Gasteiger partial charge in [-0.05, 0) is 50.2 Å². The van der Waals surface area contributed by atoms with E-state index >= 15 is 0 Å². The fraction of sp³-hybridized carbons (Fsp3) is 0.618. The molecule has 3 amide bonds. The van der Waals surface area contributed by atoms with Crippen LogP contribution in [0.1, 0.15) is 65.2 Å². The highest BCUT2D eigenvalue weighted by molar-refractivity contribution is 6.03. The van der Waals surface area contributed by atoms with Crippen LogP contribution >= 0.6 is 0 Å². The van der Waals surface area contributed by atoms with Crippen LogP contribution in [0.4, 0.5) is 5.69 Å². The van der Waals surface area contributed by atoms with Gasteiger partial charge in [-0.25, -0.2) is 0 Å². The topological polar surface area (TPSA) is 90.4 Å². The number of fused-ring (bicyclic) bond motifs is 1. The van der Waals surface area contributed by atoms with Crippen molar-refractivity contribution in [2.24, 2.45) is 17.8 Å². The molecule has 5 rings (SSSR count). The maximum atomic E-state index is 14.8. The zero-order valence-electron chi connectivity index (χ0n) is 25.2. The molecule has 3 aliphatic heterocycles. The van der Waals surface area contributed by atoms with E-state index in [1.54, 1.807) is 22.0 Å². The molecule has 8 heteroatoms. The number of carbonyl (C=O) groups excluding carboxylic acids is 3. The lowest BCUT2D eigenvalue weighted by Gasteiger charge is -2.42. The van der Waals surface area contributed by atoms with Crippen molar-refractivity contribution >= 4 is 23.4 Å². The third kappa shape index (κ3) is 5.21. The maximum Gasteiger partial charge on any atom is 0.248 e. The molecule has 42 heavy (non-hydrogen) atoms. The van der Waals surface area contributed by atoms with Crippen LogP contribution in [0, 0.1) is 17.8 Å². The standard InChI is InChI=1S/C34H47N3O5/c1-5-19-35(24-13-9-7-10-14-24)31(39)28-27-17-18-34(42-27)29(28)32(40)37(26(22-38)21-23(3)4)30(34)33(41)36(20-6-2)25-15-11-8-12-16-25/h5-7,9-10,13-14,23,25-30,38H,1-2,8,11-12,15-22H2,3-4H3/t26-,27+,28-,29+,30?,34?/m1/s1. The van der Waals surface area contributed by atoms with Gasteiger partial charge in [0.1, 0.15) is 11.6 Å². The van der Waals surface area contributed by atoms with Crippen molar-refractivity contribution in [3.8, 4) is 0 Å². The van der Waals surface area contributed by atoms with E-state index in [1.807, 2.05) is 49.1 Å². The second-order valence-corrected chi connectivity index (χ2v) is 12.9. The van der Waals surface area contributed by atoms with E-state index in [9.17, 15) is 19.5 Å². The van der Waals surface area contributed by atoms with Crippen molar-refractivity contribution in [1.29, 1.82) is 0 Å². The van der Waals surface area contributed by atoms with Crippen molar-refractivity contribution in [2.75, 3.05) is 24.6 Å². The number of aliphatic hydroxyl groups excluding tert-OH is 1. The quantitative estimate of drug-likeness (QED) is 0.374. The molecule has 228 valence electrons. The van der Waals surface area contributed by atoms with E-state index < -0.39 is 35.6 Å². The third-order valence-electron chi connectivity index (χ3n) is 9.87. The second-order valence-electron chi connectivity index (χ2n) is 12.9. The Balaban J connectivity index is 1.57. The first-order chi connectivity index (χ1) is 20.3. The number of hydrogen-bond donors (Lipinski definition) is 1. The summed E-state index contributed by atoms with van der Waals surface area (Å²) in [5.41, 5.74) is -0.370. The van der Waals surface area contributed by atoms with E-state index in [-0.39, 0.29) is 36.3 Å². The molecule has 3 saturated heterocycles. The minimum atomic E-state index is -1.10. The summed E-state index contributed by atoms with van der Waals surface area (Å²) in [6, 6.07) is 8.06. The summed E-state index contributed by atoms with van der Waals surface area (Å²) in [4.78, 5) is 49.0. The molecule has 1 aromatic rings. The van der Waals surface area contributed by atoms with Crippen LogP contribution in [0.5, 0.6) is 0 Å². The largest absolute Gasteiger partial charge is 0.394 e. The maximum absolute atomic E-state index is 14.8. The molecule has 4 fully saturated rings. The number of likely N-dealkylation sites (tertiary alicyclic amines) is 1. The Morgan fingerprint density at radius 1 is 1.07 bits per heavy atom. The minimum absolute atomic E-state index is 0.0755. The molecule has 0 aromatic heterocycles. The Hall–Kier alpha value is -2.97. The summed E-state index contributed by atoms with van der Waals surface area (Å²) in [7, 11) is 0. The monoisotopic (exact) mass is 577 g/mol. The lowest BCUT2D eigenvalue weighted by atomic mass is 9.70. The van der Waals surface area contributed by atoms with Gasteiger partial charge in [0, 0.05) is 24.8 Å². The van der Waals surface area contributed by atoms with Crippen molar-refractivity contribution in [3.05, 3.63) is 55.6 Å². The molecule has 0 radical (unpaired) electrons. The smallest absolute Gasteiger partial charge is 0.248 e. The molecule has 2 bridgehead atoms.